The molecule has 1 aliphatic carbocycles. The SMILES string of the molecule is CCOc1n[nH]c(NC(=O)CC2(CC(=O)O)CCCC2)n1. The number of hydrogen-bond donors (Lipinski definition) is 3. The molecule has 116 valence electrons. The molecule has 0 aromatic carbocycles. The highest BCUT2D eigenvalue weighted by Crippen LogP contribution is 2.44. The van der Waals surface area contributed by atoms with E-state index in [1.54, 1.807) is 0 Å². The summed E-state index contributed by atoms with van der Waals surface area (Å²) < 4.78 is 5.09. The molecule has 1 aliphatic rings. The van der Waals surface area contributed by atoms with E-state index >= 15 is 0 Å². The third-order valence-electron chi connectivity index (χ3n) is 3.72. The standard InChI is InChI=1S/C13H20N4O4/c1-2-21-12-15-11(16-17-12)14-9(18)7-13(8-10(19)20)5-3-4-6-13/h2-8H2,1H3,(H,19,20)(H2,14,15,16,17,18). The Bertz CT molecular complexity index is 508. The molecule has 1 amide bonds. The normalized spacial score (nSPS) is 16.6. The summed E-state index contributed by atoms with van der Waals surface area (Å²) in [6.45, 7) is 2.25. The van der Waals surface area contributed by atoms with Gasteiger partial charge in [-0.25, -0.2) is 5.10 Å². The van der Waals surface area contributed by atoms with Crippen molar-refractivity contribution in [1.29, 1.82) is 0 Å². The lowest BCUT2D eigenvalue weighted by atomic mass is 9.79. The van der Waals surface area contributed by atoms with Gasteiger partial charge in [0.1, 0.15) is 0 Å². The van der Waals surface area contributed by atoms with Crippen LogP contribution in [0.5, 0.6) is 6.01 Å². The fourth-order valence-corrected chi connectivity index (χ4v) is 2.87. The number of aromatic amines is 1. The Morgan fingerprint density at radius 2 is 2.10 bits per heavy atom. The Labute approximate surface area is 122 Å². The molecule has 1 fully saturated rings. The number of anilines is 1. The van der Waals surface area contributed by atoms with Crippen molar-refractivity contribution >= 4 is 17.8 Å². The number of hydrogen-bond acceptors (Lipinski definition) is 5. The highest BCUT2D eigenvalue weighted by atomic mass is 16.5. The van der Waals surface area contributed by atoms with Crippen LogP contribution in [0, 0.1) is 5.41 Å². The van der Waals surface area contributed by atoms with Gasteiger partial charge in [-0.15, -0.1) is 5.10 Å². The average molecular weight is 296 g/mol. The minimum atomic E-state index is -0.858. The fourth-order valence-electron chi connectivity index (χ4n) is 2.87. The Morgan fingerprint density at radius 1 is 1.38 bits per heavy atom. The molecule has 0 saturated heterocycles. The smallest absolute Gasteiger partial charge is 0.337 e. The molecule has 3 N–H and O–H groups in total. The molecule has 8 heteroatoms. The number of H-pyrrole nitrogens is 1. The van der Waals surface area contributed by atoms with Gasteiger partial charge in [0.25, 0.3) is 0 Å². The number of ether oxygens (including phenoxy) is 1. The van der Waals surface area contributed by atoms with Crippen LogP contribution in [0.3, 0.4) is 0 Å². The Morgan fingerprint density at radius 3 is 2.71 bits per heavy atom. The number of carboxylic acids is 1. The maximum Gasteiger partial charge on any atom is 0.337 e. The molecule has 1 heterocycles. The van der Waals surface area contributed by atoms with E-state index in [-0.39, 0.29) is 30.7 Å². The van der Waals surface area contributed by atoms with Gasteiger partial charge in [0.15, 0.2) is 0 Å². The summed E-state index contributed by atoms with van der Waals surface area (Å²) in [6, 6.07) is 0.175. The van der Waals surface area contributed by atoms with E-state index in [0.717, 1.165) is 25.7 Å². The Balaban J connectivity index is 1.94. The second kappa shape index (κ2) is 6.55. The summed E-state index contributed by atoms with van der Waals surface area (Å²) >= 11 is 0. The van der Waals surface area contributed by atoms with E-state index in [1.807, 2.05) is 6.92 Å². The molecule has 0 aliphatic heterocycles. The van der Waals surface area contributed by atoms with E-state index in [1.165, 1.54) is 0 Å². The molecule has 21 heavy (non-hydrogen) atoms. The highest BCUT2D eigenvalue weighted by Gasteiger charge is 2.38. The van der Waals surface area contributed by atoms with Crippen LogP contribution in [0.2, 0.25) is 0 Å². The van der Waals surface area contributed by atoms with Gasteiger partial charge in [0.05, 0.1) is 13.0 Å². The number of aromatic nitrogens is 3. The maximum absolute atomic E-state index is 12.1. The number of amides is 1. The summed E-state index contributed by atoms with van der Waals surface area (Å²) in [5.74, 6) is -0.896. The molecule has 1 saturated carbocycles. The van der Waals surface area contributed by atoms with E-state index in [0.29, 0.717) is 6.61 Å². The van der Waals surface area contributed by atoms with Crippen LogP contribution in [-0.4, -0.2) is 38.8 Å². The van der Waals surface area contributed by atoms with Gasteiger partial charge in [0.2, 0.25) is 11.9 Å². The van der Waals surface area contributed by atoms with Crippen LogP contribution in [0.1, 0.15) is 45.4 Å². The van der Waals surface area contributed by atoms with Gasteiger partial charge in [-0.1, -0.05) is 12.8 Å². The maximum atomic E-state index is 12.1. The number of aliphatic carboxylic acids is 1. The zero-order valence-corrected chi connectivity index (χ0v) is 12.0. The molecular formula is C13H20N4O4. The van der Waals surface area contributed by atoms with Gasteiger partial charge in [-0.05, 0) is 25.2 Å². The predicted molar refractivity (Wildman–Crippen MR) is 74.0 cm³/mol. The number of carboxylic acid groups (broad SMARTS) is 1. The second-order valence-electron chi connectivity index (χ2n) is 5.40. The van der Waals surface area contributed by atoms with Gasteiger partial charge in [-0.2, -0.15) is 4.98 Å². The fraction of sp³-hybridized carbons (Fsp3) is 0.692. The van der Waals surface area contributed by atoms with E-state index in [2.05, 4.69) is 20.5 Å². The second-order valence-corrected chi connectivity index (χ2v) is 5.40. The number of nitrogens with zero attached hydrogens (tertiary/aromatic N) is 2. The quantitative estimate of drug-likeness (QED) is 0.703. The summed E-state index contributed by atoms with van der Waals surface area (Å²) in [5.41, 5.74) is -0.432. The molecular weight excluding hydrogens is 276 g/mol. The highest BCUT2D eigenvalue weighted by molar-refractivity contribution is 5.89. The first-order valence-corrected chi connectivity index (χ1v) is 7.10. The van der Waals surface area contributed by atoms with Crippen molar-refractivity contribution < 1.29 is 19.4 Å². The van der Waals surface area contributed by atoms with Crippen LogP contribution < -0.4 is 10.1 Å². The lowest BCUT2D eigenvalue weighted by molar-refractivity contribution is -0.140. The number of nitrogens with one attached hydrogen (secondary N) is 2. The summed E-state index contributed by atoms with van der Waals surface area (Å²) in [6.07, 6.45) is 3.69. The van der Waals surface area contributed by atoms with Crippen molar-refractivity contribution in [2.45, 2.75) is 45.4 Å². The summed E-state index contributed by atoms with van der Waals surface area (Å²) in [4.78, 5) is 27.0. The molecule has 8 nitrogen and oxygen atoms in total. The third kappa shape index (κ3) is 4.17. The molecule has 1 aromatic rings. The van der Waals surface area contributed by atoms with Crippen LogP contribution in [-0.2, 0) is 9.59 Å². The molecule has 0 unspecified atom stereocenters. The van der Waals surface area contributed by atoms with E-state index in [4.69, 9.17) is 9.84 Å². The number of carbonyl (C=O) groups excluding carboxylic acids is 1. The zero-order valence-electron chi connectivity index (χ0n) is 12.0. The summed E-state index contributed by atoms with van der Waals surface area (Å²) in [7, 11) is 0. The van der Waals surface area contributed by atoms with Gasteiger partial charge >= 0.3 is 12.0 Å². The van der Waals surface area contributed by atoms with Crippen molar-refractivity contribution in [2.24, 2.45) is 5.41 Å². The predicted octanol–water partition coefficient (Wildman–Crippen LogP) is 1.57. The van der Waals surface area contributed by atoms with Crippen LogP contribution in [0.25, 0.3) is 0 Å². The van der Waals surface area contributed by atoms with Gasteiger partial charge < -0.3 is 9.84 Å². The Kier molecular flexibility index (Phi) is 4.77. The van der Waals surface area contributed by atoms with Gasteiger partial charge in [-0.3, -0.25) is 14.9 Å². The molecule has 1 aromatic heterocycles. The van der Waals surface area contributed by atoms with Crippen LogP contribution >= 0.6 is 0 Å². The Hall–Kier alpha value is -2.12. The number of rotatable bonds is 7. The monoisotopic (exact) mass is 296 g/mol. The van der Waals surface area contributed by atoms with Crippen molar-refractivity contribution in [3.8, 4) is 6.01 Å². The largest absolute Gasteiger partial charge is 0.481 e. The topological polar surface area (TPSA) is 117 Å². The first-order chi connectivity index (χ1) is 10.0. The van der Waals surface area contributed by atoms with E-state index in [9.17, 15) is 9.59 Å². The molecule has 0 radical (unpaired) electrons. The summed E-state index contributed by atoms with van der Waals surface area (Å²) in [5, 5.41) is 18.0. The molecule has 0 atom stereocenters. The van der Waals surface area contributed by atoms with Crippen molar-refractivity contribution in [2.75, 3.05) is 11.9 Å². The van der Waals surface area contributed by atoms with E-state index < -0.39 is 11.4 Å². The minimum absolute atomic E-state index is 0.0288. The molecule has 0 bridgehead atoms. The lowest BCUT2D eigenvalue weighted by Gasteiger charge is -2.25. The first kappa shape index (κ1) is 15.3. The van der Waals surface area contributed by atoms with Crippen molar-refractivity contribution in [3.63, 3.8) is 0 Å². The first-order valence-electron chi connectivity index (χ1n) is 7.10. The van der Waals surface area contributed by atoms with Crippen LogP contribution in [0.15, 0.2) is 0 Å². The minimum Gasteiger partial charge on any atom is -0.481 e. The average Bonchev–Trinajstić information content (AvgIpc) is 2.99. The number of carbonyl (C=O) groups is 2. The zero-order chi connectivity index (χ0) is 15.3. The molecule has 2 rings (SSSR count). The molecule has 0 spiro atoms. The van der Waals surface area contributed by atoms with Crippen molar-refractivity contribution in [3.05, 3.63) is 0 Å². The van der Waals surface area contributed by atoms with Gasteiger partial charge in [0, 0.05) is 6.42 Å². The van der Waals surface area contributed by atoms with Crippen LogP contribution in [0.4, 0.5) is 5.95 Å². The third-order valence-corrected chi connectivity index (χ3v) is 3.72. The lowest BCUT2D eigenvalue weighted by Crippen LogP contribution is -2.28. The van der Waals surface area contributed by atoms with Crippen molar-refractivity contribution in [1.82, 2.24) is 15.2 Å².